The Hall–Kier alpha value is 0.630. The zero-order chi connectivity index (χ0) is 12.3. The van der Waals surface area contributed by atoms with Crippen molar-refractivity contribution in [3.63, 3.8) is 0 Å². The number of halogens is 3. The van der Waals surface area contributed by atoms with E-state index in [1.807, 2.05) is 30.0 Å². The molecule has 4 heteroatoms. The highest BCUT2D eigenvalue weighted by Gasteiger charge is 2.32. The number of alkyl halides is 1. The molecule has 2 rings (SSSR count). The summed E-state index contributed by atoms with van der Waals surface area (Å²) in [5.41, 5.74) is 0.455. The molecule has 1 saturated carbocycles. The van der Waals surface area contributed by atoms with Crippen molar-refractivity contribution in [2.24, 2.45) is 5.41 Å². The van der Waals surface area contributed by atoms with Gasteiger partial charge in [0.25, 0.3) is 0 Å². The van der Waals surface area contributed by atoms with Crippen LogP contribution in [0.5, 0.6) is 0 Å². The number of rotatable bonds is 4. The van der Waals surface area contributed by atoms with E-state index in [0.717, 1.165) is 26.0 Å². The van der Waals surface area contributed by atoms with Gasteiger partial charge in [-0.3, -0.25) is 0 Å². The highest BCUT2D eigenvalue weighted by Crippen LogP contribution is 2.44. The Kier molecular flexibility index (Phi) is 5.11. The number of thioether (sulfide) groups is 1. The van der Waals surface area contributed by atoms with Gasteiger partial charge in [0.15, 0.2) is 0 Å². The molecule has 0 saturated heterocycles. The first kappa shape index (κ1) is 14.0. The molecule has 0 nitrogen and oxygen atoms in total. The molecule has 1 aliphatic rings. The molecule has 1 aromatic carbocycles. The quantitative estimate of drug-likeness (QED) is 0.469. The van der Waals surface area contributed by atoms with E-state index in [4.69, 9.17) is 23.2 Å². The van der Waals surface area contributed by atoms with E-state index < -0.39 is 0 Å². The molecule has 0 N–H and O–H groups in total. The molecular weight excluding hydrogens is 339 g/mol. The zero-order valence-electron chi connectivity index (χ0n) is 9.52. The normalized spacial score (nSPS) is 18.5. The summed E-state index contributed by atoms with van der Waals surface area (Å²) >= 11 is 17.7. The van der Waals surface area contributed by atoms with Crippen molar-refractivity contribution in [1.82, 2.24) is 0 Å². The van der Waals surface area contributed by atoms with Gasteiger partial charge in [0.05, 0.1) is 5.02 Å². The second-order valence-electron chi connectivity index (χ2n) is 4.70. The predicted molar refractivity (Wildman–Crippen MR) is 81.9 cm³/mol. The fourth-order valence-corrected chi connectivity index (χ4v) is 5.07. The van der Waals surface area contributed by atoms with E-state index in [1.54, 1.807) is 0 Å². The molecule has 0 amide bonds. The van der Waals surface area contributed by atoms with Crippen LogP contribution in [0.4, 0.5) is 0 Å². The van der Waals surface area contributed by atoms with Gasteiger partial charge < -0.3 is 0 Å². The van der Waals surface area contributed by atoms with Crippen molar-refractivity contribution in [3.8, 4) is 0 Å². The fourth-order valence-electron chi connectivity index (χ4n) is 2.26. The summed E-state index contributed by atoms with van der Waals surface area (Å²) in [7, 11) is 0. The van der Waals surface area contributed by atoms with Crippen LogP contribution in [0.25, 0.3) is 0 Å². The van der Waals surface area contributed by atoms with Crippen LogP contribution in [0.3, 0.4) is 0 Å². The number of benzene rings is 1. The standard InChI is InChI=1S/C13H15BrCl2S/c14-8-13(5-1-2-6-13)9-17-12-7-10(15)3-4-11(12)16/h3-4,7H,1-2,5-6,8-9H2. The topological polar surface area (TPSA) is 0 Å². The predicted octanol–water partition coefficient (Wildman–Crippen LogP) is 6.04. The van der Waals surface area contributed by atoms with Crippen molar-refractivity contribution in [2.75, 3.05) is 11.1 Å². The van der Waals surface area contributed by atoms with E-state index in [2.05, 4.69) is 15.9 Å². The maximum Gasteiger partial charge on any atom is 0.0542 e. The molecule has 1 aromatic rings. The van der Waals surface area contributed by atoms with Crippen LogP contribution in [-0.4, -0.2) is 11.1 Å². The lowest BCUT2D eigenvalue weighted by Gasteiger charge is -2.26. The number of hydrogen-bond donors (Lipinski definition) is 0. The second-order valence-corrected chi connectivity index (χ2v) is 7.13. The Morgan fingerprint density at radius 2 is 1.94 bits per heavy atom. The minimum absolute atomic E-state index is 0.455. The molecule has 94 valence electrons. The van der Waals surface area contributed by atoms with Crippen LogP contribution in [0.1, 0.15) is 25.7 Å². The minimum atomic E-state index is 0.455. The maximum absolute atomic E-state index is 6.18. The average Bonchev–Trinajstić information content (AvgIpc) is 2.80. The molecule has 1 fully saturated rings. The third-order valence-corrected chi connectivity index (χ3v) is 6.65. The van der Waals surface area contributed by atoms with Gasteiger partial charge in [0, 0.05) is 21.0 Å². The summed E-state index contributed by atoms with van der Waals surface area (Å²) in [6.07, 6.45) is 5.36. The summed E-state index contributed by atoms with van der Waals surface area (Å²) in [6, 6.07) is 5.68. The van der Waals surface area contributed by atoms with Gasteiger partial charge in [0.2, 0.25) is 0 Å². The van der Waals surface area contributed by atoms with Crippen molar-refractivity contribution in [1.29, 1.82) is 0 Å². The lowest BCUT2D eigenvalue weighted by Crippen LogP contribution is -2.21. The molecule has 0 atom stereocenters. The summed E-state index contributed by atoms with van der Waals surface area (Å²) in [6.45, 7) is 0. The maximum atomic E-state index is 6.18. The number of hydrogen-bond acceptors (Lipinski definition) is 1. The summed E-state index contributed by atoms with van der Waals surface area (Å²) < 4.78 is 0. The first-order chi connectivity index (χ1) is 8.15. The van der Waals surface area contributed by atoms with E-state index in [0.29, 0.717) is 5.41 Å². The highest BCUT2D eigenvalue weighted by atomic mass is 79.9. The highest BCUT2D eigenvalue weighted by molar-refractivity contribution is 9.09. The van der Waals surface area contributed by atoms with Crippen LogP contribution in [-0.2, 0) is 0 Å². The summed E-state index contributed by atoms with van der Waals surface area (Å²) in [4.78, 5) is 1.10. The van der Waals surface area contributed by atoms with Gasteiger partial charge >= 0.3 is 0 Å². The molecule has 0 bridgehead atoms. The van der Waals surface area contributed by atoms with Gasteiger partial charge in [-0.05, 0) is 36.5 Å². The smallest absolute Gasteiger partial charge is 0.0542 e. The third kappa shape index (κ3) is 3.56. The SMILES string of the molecule is Clc1ccc(Cl)c(SCC2(CBr)CCCC2)c1. The average molecular weight is 354 g/mol. The summed E-state index contributed by atoms with van der Waals surface area (Å²) in [5, 5.41) is 2.66. The summed E-state index contributed by atoms with van der Waals surface area (Å²) in [5.74, 6) is 1.12. The van der Waals surface area contributed by atoms with Gasteiger partial charge in [-0.2, -0.15) is 0 Å². The van der Waals surface area contributed by atoms with Gasteiger partial charge in [-0.1, -0.05) is 52.0 Å². The van der Waals surface area contributed by atoms with Crippen LogP contribution < -0.4 is 0 Å². The molecule has 0 heterocycles. The van der Waals surface area contributed by atoms with E-state index in [9.17, 15) is 0 Å². The fraction of sp³-hybridized carbons (Fsp3) is 0.538. The van der Waals surface area contributed by atoms with Crippen LogP contribution in [0, 0.1) is 5.41 Å². The van der Waals surface area contributed by atoms with Gasteiger partial charge in [-0.15, -0.1) is 11.8 Å². The third-order valence-electron chi connectivity index (χ3n) is 3.37. The lowest BCUT2D eigenvalue weighted by atomic mass is 9.92. The zero-order valence-corrected chi connectivity index (χ0v) is 13.4. The van der Waals surface area contributed by atoms with E-state index in [-0.39, 0.29) is 0 Å². The van der Waals surface area contributed by atoms with Crippen molar-refractivity contribution in [3.05, 3.63) is 28.2 Å². The molecule has 1 aliphatic carbocycles. The Morgan fingerprint density at radius 3 is 2.59 bits per heavy atom. The van der Waals surface area contributed by atoms with E-state index in [1.165, 1.54) is 25.7 Å². The molecular formula is C13H15BrCl2S. The van der Waals surface area contributed by atoms with Crippen molar-refractivity contribution >= 4 is 50.9 Å². The Bertz CT molecular complexity index is 389. The minimum Gasteiger partial charge on any atom is -0.124 e. The van der Waals surface area contributed by atoms with Crippen molar-refractivity contribution in [2.45, 2.75) is 30.6 Å². The molecule has 0 aromatic heterocycles. The molecule has 0 unspecified atom stereocenters. The molecule has 0 spiro atoms. The van der Waals surface area contributed by atoms with Crippen molar-refractivity contribution < 1.29 is 0 Å². The van der Waals surface area contributed by atoms with Crippen LogP contribution in [0.15, 0.2) is 23.1 Å². The Balaban J connectivity index is 2.03. The van der Waals surface area contributed by atoms with Gasteiger partial charge in [-0.25, -0.2) is 0 Å². The van der Waals surface area contributed by atoms with E-state index >= 15 is 0 Å². The first-order valence-corrected chi connectivity index (χ1v) is 8.65. The molecule has 17 heavy (non-hydrogen) atoms. The molecule has 0 radical (unpaired) electrons. The molecule has 0 aliphatic heterocycles. The lowest BCUT2D eigenvalue weighted by molar-refractivity contribution is 0.405. The second kappa shape index (κ2) is 6.18. The van der Waals surface area contributed by atoms with Gasteiger partial charge in [0.1, 0.15) is 0 Å². The monoisotopic (exact) mass is 352 g/mol. The largest absolute Gasteiger partial charge is 0.124 e. The Labute approximate surface area is 126 Å². The van der Waals surface area contributed by atoms with Crippen LogP contribution in [0.2, 0.25) is 10.0 Å². The Morgan fingerprint density at radius 1 is 1.24 bits per heavy atom. The van der Waals surface area contributed by atoms with Crippen LogP contribution >= 0.6 is 50.9 Å². The first-order valence-electron chi connectivity index (χ1n) is 5.79.